The van der Waals surface area contributed by atoms with Gasteiger partial charge >= 0.3 is 0 Å². The van der Waals surface area contributed by atoms with E-state index in [1.165, 1.54) is 0 Å². The Kier molecular flexibility index (Phi) is 7.37. The fraction of sp³-hybridized carbons (Fsp3) is 0.143. The van der Waals surface area contributed by atoms with Crippen LogP contribution in [-0.4, -0.2) is 28.8 Å². The highest BCUT2D eigenvalue weighted by Gasteiger charge is 2.38. The summed E-state index contributed by atoms with van der Waals surface area (Å²) in [7, 11) is 0. The van der Waals surface area contributed by atoms with Gasteiger partial charge in [-0.25, -0.2) is 9.97 Å². The Hall–Kier alpha value is -5.10. The van der Waals surface area contributed by atoms with Crippen molar-refractivity contribution in [2.24, 2.45) is 0 Å². The first-order valence-electron chi connectivity index (χ1n) is 13.9. The van der Waals surface area contributed by atoms with E-state index in [0.29, 0.717) is 18.6 Å². The highest BCUT2D eigenvalue weighted by molar-refractivity contribution is 6.07. The van der Waals surface area contributed by atoms with Crippen LogP contribution in [0.5, 0.6) is 0 Å². The van der Waals surface area contributed by atoms with Gasteiger partial charge in [0, 0.05) is 6.54 Å². The van der Waals surface area contributed by atoms with Gasteiger partial charge in [-0.05, 0) is 50.9 Å². The van der Waals surface area contributed by atoms with Crippen LogP contribution in [-0.2, 0) is 9.59 Å². The molecule has 1 atom stereocenters. The molecule has 0 saturated carbocycles. The lowest BCUT2D eigenvalue weighted by Gasteiger charge is -2.27. The van der Waals surface area contributed by atoms with Crippen molar-refractivity contribution in [3.63, 3.8) is 0 Å². The third kappa shape index (κ3) is 4.89. The second-order valence-corrected chi connectivity index (χ2v) is 10.1. The molecule has 5 aromatic rings. The third-order valence-electron chi connectivity index (χ3n) is 7.64. The van der Waals surface area contributed by atoms with Gasteiger partial charge in [-0.3, -0.25) is 14.9 Å². The summed E-state index contributed by atoms with van der Waals surface area (Å²) >= 11 is 0. The molecule has 6 nitrogen and oxygen atoms in total. The van der Waals surface area contributed by atoms with Crippen LogP contribution in [0.4, 0.5) is 11.6 Å². The molecule has 0 radical (unpaired) electrons. The van der Waals surface area contributed by atoms with Crippen molar-refractivity contribution in [3.8, 4) is 33.4 Å². The Balaban J connectivity index is 1.51. The van der Waals surface area contributed by atoms with E-state index in [2.05, 4.69) is 88.9 Å². The number of amides is 2. The molecule has 1 aliphatic rings. The van der Waals surface area contributed by atoms with E-state index >= 15 is 0 Å². The van der Waals surface area contributed by atoms with Crippen LogP contribution < -0.4 is 10.2 Å². The quantitative estimate of drug-likeness (QED) is 0.200. The summed E-state index contributed by atoms with van der Waals surface area (Å²) in [6.45, 7) is 2.64. The highest BCUT2D eigenvalue weighted by Crippen LogP contribution is 2.50. The molecule has 0 fully saturated rings. The molecule has 202 valence electrons. The van der Waals surface area contributed by atoms with Crippen molar-refractivity contribution in [2.45, 2.75) is 25.7 Å². The zero-order valence-electron chi connectivity index (χ0n) is 22.8. The number of carbonyl (C=O) groups is 2. The molecule has 4 aromatic carbocycles. The van der Waals surface area contributed by atoms with Gasteiger partial charge in [0.15, 0.2) is 0 Å². The van der Waals surface area contributed by atoms with Crippen molar-refractivity contribution in [3.05, 3.63) is 121 Å². The van der Waals surface area contributed by atoms with Gasteiger partial charge in [0.2, 0.25) is 18.3 Å². The number of rotatable bonds is 9. The summed E-state index contributed by atoms with van der Waals surface area (Å²) in [4.78, 5) is 35.9. The van der Waals surface area contributed by atoms with Gasteiger partial charge in [-0.2, -0.15) is 0 Å². The number of hydrogen-bond donors (Lipinski definition) is 1. The molecule has 0 saturated heterocycles. The molecule has 1 aliphatic carbocycles. The molecule has 41 heavy (non-hydrogen) atoms. The molecule has 1 heterocycles. The number of nitrogens with one attached hydrogen (secondary N) is 1. The summed E-state index contributed by atoms with van der Waals surface area (Å²) in [5, 5.41) is 2.47. The number of benzene rings is 4. The van der Waals surface area contributed by atoms with Gasteiger partial charge in [-0.15, -0.1) is 0 Å². The van der Waals surface area contributed by atoms with Crippen molar-refractivity contribution >= 4 is 24.0 Å². The van der Waals surface area contributed by atoms with E-state index in [0.717, 1.165) is 57.3 Å². The van der Waals surface area contributed by atoms with E-state index in [1.54, 1.807) is 17.3 Å². The summed E-state index contributed by atoms with van der Waals surface area (Å²) in [6.07, 6.45) is 5.51. The molecule has 2 amide bonds. The molecule has 0 spiro atoms. The Morgan fingerprint density at radius 1 is 0.780 bits per heavy atom. The average molecular weight is 539 g/mol. The van der Waals surface area contributed by atoms with Gasteiger partial charge in [-0.1, -0.05) is 110 Å². The minimum absolute atomic E-state index is 0.0195. The lowest BCUT2D eigenvalue weighted by Crippen LogP contribution is -2.36. The number of nitrogens with zero attached hydrogens (tertiary/aromatic N) is 3. The van der Waals surface area contributed by atoms with Gasteiger partial charge in [0.05, 0.1) is 24.0 Å². The van der Waals surface area contributed by atoms with Crippen molar-refractivity contribution < 1.29 is 9.59 Å². The van der Waals surface area contributed by atoms with Crippen LogP contribution in [0.15, 0.2) is 109 Å². The fourth-order valence-corrected chi connectivity index (χ4v) is 5.77. The summed E-state index contributed by atoms with van der Waals surface area (Å²) in [6, 6.07) is 33.3. The Morgan fingerprint density at radius 2 is 1.39 bits per heavy atom. The second kappa shape index (κ2) is 11.6. The van der Waals surface area contributed by atoms with Crippen molar-refractivity contribution in [1.29, 1.82) is 0 Å². The SMILES string of the molecule is CCCCN(C(=O)C1c2ccccc2-c2cccc(-c3ccccc3-c3ccccc3)c21)c1cnc(NC=O)nc1. The predicted octanol–water partition coefficient (Wildman–Crippen LogP) is 7.32. The number of unbranched alkanes of at least 4 members (excludes halogenated alkanes) is 1. The summed E-state index contributed by atoms with van der Waals surface area (Å²) < 4.78 is 0. The molecule has 1 unspecified atom stereocenters. The monoisotopic (exact) mass is 538 g/mol. The molecule has 6 rings (SSSR count). The van der Waals surface area contributed by atoms with Crippen molar-refractivity contribution in [2.75, 3.05) is 16.8 Å². The zero-order chi connectivity index (χ0) is 28.2. The summed E-state index contributed by atoms with van der Waals surface area (Å²) in [5.74, 6) is -0.317. The average Bonchev–Trinajstić information content (AvgIpc) is 3.37. The number of hydrogen-bond acceptors (Lipinski definition) is 4. The normalized spacial score (nSPS) is 13.2. The first-order valence-corrected chi connectivity index (χ1v) is 13.9. The number of carbonyl (C=O) groups excluding carboxylic acids is 2. The Morgan fingerprint density at radius 3 is 2.10 bits per heavy atom. The van der Waals surface area contributed by atoms with Crippen LogP contribution in [0.2, 0.25) is 0 Å². The lowest BCUT2D eigenvalue weighted by atomic mass is 9.85. The van der Waals surface area contributed by atoms with Crippen LogP contribution in [0.3, 0.4) is 0 Å². The standard InChI is InChI=1S/C35H30N4O2/c1-2-3-20-39(25-21-36-35(37-22-25)38-23-40)34(41)33-31-17-10-9-16-28(31)30-19-11-18-29(32(30)33)27-15-8-7-14-26(27)24-12-5-4-6-13-24/h4-19,21-23,33H,2-3,20H2,1H3,(H,36,37,38,40). The van der Waals surface area contributed by atoms with Crippen LogP contribution >= 0.6 is 0 Å². The fourth-order valence-electron chi connectivity index (χ4n) is 5.77. The Bertz CT molecular complexity index is 1700. The minimum atomic E-state index is -0.495. The van der Waals surface area contributed by atoms with Crippen LogP contribution in [0.25, 0.3) is 33.4 Å². The molecule has 1 aromatic heterocycles. The van der Waals surface area contributed by atoms with Crippen molar-refractivity contribution in [1.82, 2.24) is 9.97 Å². The minimum Gasteiger partial charge on any atom is -0.309 e. The molecular formula is C35H30N4O2. The summed E-state index contributed by atoms with van der Waals surface area (Å²) in [5.41, 5.74) is 9.18. The molecule has 0 bridgehead atoms. The molecule has 6 heteroatoms. The number of fused-ring (bicyclic) bond motifs is 3. The van der Waals surface area contributed by atoms with E-state index in [4.69, 9.17) is 0 Å². The first-order chi connectivity index (χ1) is 20.2. The molecule has 0 aliphatic heterocycles. The third-order valence-corrected chi connectivity index (χ3v) is 7.64. The maximum Gasteiger partial charge on any atom is 0.239 e. The van der Waals surface area contributed by atoms with E-state index < -0.39 is 5.92 Å². The van der Waals surface area contributed by atoms with E-state index in [-0.39, 0.29) is 11.9 Å². The largest absolute Gasteiger partial charge is 0.309 e. The van der Waals surface area contributed by atoms with Gasteiger partial charge in [0.25, 0.3) is 0 Å². The number of anilines is 2. The maximum absolute atomic E-state index is 14.7. The second-order valence-electron chi connectivity index (χ2n) is 10.1. The maximum atomic E-state index is 14.7. The number of aromatic nitrogens is 2. The van der Waals surface area contributed by atoms with Gasteiger partial charge < -0.3 is 4.90 Å². The van der Waals surface area contributed by atoms with E-state index in [1.807, 2.05) is 30.3 Å². The highest BCUT2D eigenvalue weighted by atomic mass is 16.2. The lowest BCUT2D eigenvalue weighted by molar-refractivity contribution is -0.119. The zero-order valence-corrected chi connectivity index (χ0v) is 22.8. The topological polar surface area (TPSA) is 75.2 Å². The van der Waals surface area contributed by atoms with E-state index in [9.17, 15) is 9.59 Å². The molecular weight excluding hydrogens is 508 g/mol. The Labute approximate surface area is 239 Å². The van der Waals surface area contributed by atoms with Gasteiger partial charge in [0.1, 0.15) is 0 Å². The predicted molar refractivity (Wildman–Crippen MR) is 164 cm³/mol. The molecule has 1 N–H and O–H groups in total. The first kappa shape index (κ1) is 26.1. The van der Waals surface area contributed by atoms with Crippen LogP contribution in [0.1, 0.15) is 36.8 Å². The smallest absolute Gasteiger partial charge is 0.239 e. The van der Waals surface area contributed by atoms with Crippen LogP contribution in [0, 0.1) is 0 Å².